The third-order valence-electron chi connectivity index (χ3n) is 3.63. The predicted octanol–water partition coefficient (Wildman–Crippen LogP) is -0.548. The van der Waals surface area contributed by atoms with Gasteiger partial charge < -0.3 is 10.6 Å². The summed E-state index contributed by atoms with van der Waals surface area (Å²) in [5, 5.41) is 8.39. The van der Waals surface area contributed by atoms with E-state index in [4.69, 9.17) is 0 Å². The second-order valence-electron chi connectivity index (χ2n) is 4.90. The van der Waals surface area contributed by atoms with Gasteiger partial charge in [0.15, 0.2) is 0 Å². The summed E-state index contributed by atoms with van der Waals surface area (Å²) in [6.45, 7) is 0.946. The van der Waals surface area contributed by atoms with Gasteiger partial charge in [-0.2, -0.15) is 0 Å². The van der Waals surface area contributed by atoms with Crippen LogP contribution in [0.5, 0.6) is 0 Å². The van der Waals surface area contributed by atoms with Crippen LogP contribution in [0.25, 0.3) is 0 Å². The number of hydrogen-bond donors (Lipinski definition) is 3. The first-order valence-electron chi connectivity index (χ1n) is 6.14. The SMILES string of the molecule is CNC1CCC(NC(=O)C2CCN(C)N2)C1. The topological polar surface area (TPSA) is 56.4 Å². The van der Waals surface area contributed by atoms with E-state index < -0.39 is 0 Å². The molecule has 0 aromatic rings. The Bertz CT molecular complexity index is 258. The molecule has 0 aromatic heterocycles. The maximum atomic E-state index is 11.9. The zero-order chi connectivity index (χ0) is 11.5. The molecule has 3 N–H and O–H groups in total. The van der Waals surface area contributed by atoms with E-state index in [1.54, 1.807) is 0 Å². The molecule has 1 amide bonds. The molecular formula is C11H22N4O. The quantitative estimate of drug-likeness (QED) is 0.604. The summed E-state index contributed by atoms with van der Waals surface area (Å²) in [6, 6.07) is 0.904. The fourth-order valence-electron chi connectivity index (χ4n) is 2.58. The third-order valence-corrected chi connectivity index (χ3v) is 3.63. The average molecular weight is 226 g/mol. The highest BCUT2D eigenvalue weighted by atomic mass is 16.2. The van der Waals surface area contributed by atoms with Crippen LogP contribution in [-0.2, 0) is 4.79 Å². The van der Waals surface area contributed by atoms with Gasteiger partial charge in [0.1, 0.15) is 6.04 Å². The van der Waals surface area contributed by atoms with Crippen LogP contribution < -0.4 is 16.1 Å². The number of carbonyl (C=O) groups excluding carboxylic acids is 1. The second kappa shape index (κ2) is 5.12. The van der Waals surface area contributed by atoms with Gasteiger partial charge in [-0.05, 0) is 32.7 Å². The molecule has 1 aliphatic heterocycles. The fraction of sp³-hybridized carbons (Fsp3) is 0.909. The minimum absolute atomic E-state index is 0.0290. The van der Waals surface area contributed by atoms with Gasteiger partial charge in [0.2, 0.25) is 5.91 Å². The summed E-state index contributed by atoms with van der Waals surface area (Å²) in [6.07, 6.45) is 4.23. The van der Waals surface area contributed by atoms with Crippen LogP contribution in [-0.4, -0.2) is 49.7 Å². The molecule has 0 bridgehead atoms. The minimum atomic E-state index is -0.0290. The first-order valence-corrected chi connectivity index (χ1v) is 6.14. The summed E-state index contributed by atoms with van der Waals surface area (Å²) in [4.78, 5) is 11.9. The van der Waals surface area contributed by atoms with Crippen molar-refractivity contribution in [2.45, 2.75) is 43.8 Å². The largest absolute Gasteiger partial charge is 0.352 e. The smallest absolute Gasteiger partial charge is 0.238 e. The van der Waals surface area contributed by atoms with Crippen LogP contribution in [0.15, 0.2) is 0 Å². The maximum Gasteiger partial charge on any atom is 0.238 e. The Hall–Kier alpha value is -0.650. The first kappa shape index (κ1) is 11.8. The van der Waals surface area contributed by atoms with Gasteiger partial charge in [0, 0.05) is 25.7 Å². The summed E-state index contributed by atoms with van der Waals surface area (Å²) in [5.74, 6) is 0.158. The molecule has 1 heterocycles. The lowest BCUT2D eigenvalue weighted by Crippen LogP contribution is -2.46. The molecule has 16 heavy (non-hydrogen) atoms. The minimum Gasteiger partial charge on any atom is -0.352 e. The Labute approximate surface area is 96.9 Å². The van der Waals surface area contributed by atoms with E-state index in [2.05, 4.69) is 16.1 Å². The number of hydrogen-bond acceptors (Lipinski definition) is 4. The van der Waals surface area contributed by atoms with Crippen molar-refractivity contribution in [3.63, 3.8) is 0 Å². The van der Waals surface area contributed by atoms with E-state index in [1.807, 2.05) is 19.1 Å². The van der Waals surface area contributed by atoms with Crippen molar-refractivity contribution in [2.75, 3.05) is 20.6 Å². The Balaban J connectivity index is 1.75. The molecule has 3 unspecified atom stereocenters. The lowest BCUT2D eigenvalue weighted by Gasteiger charge is -2.17. The summed E-state index contributed by atoms with van der Waals surface area (Å²) in [7, 11) is 3.96. The maximum absolute atomic E-state index is 11.9. The van der Waals surface area contributed by atoms with Crippen molar-refractivity contribution in [1.29, 1.82) is 0 Å². The van der Waals surface area contributed by atoms with Crippen LogP contribution in [0.2, 0.25) is 0 Å². The van der Waals surface area contributed by atoms with Crippen LogP contribution in [0, 0.1) is 0 Å². The Morgan fingerprint density at radius 1 is 1.31 bits per heavy atom. The highest BCUT2D eigenvalue weighted by Gasteiger charge is 2.30. The number of nitrogens with zero attached hydrogens (tertiary/aromatic N) is 1. The summed E-state index contributed by atoms with van der Waals surface area (Å²) >= 11 is 0. The molecule has 5 nitrogen and oxygen atoms in total. The molecule has 3 atom stereocenters. The van der Waals surface area contributed by atoms with Crippen LogP contribution in [0.3, 0.4) is 0 Å². The van der Waals surface area contributed by atoms with Crippen molar-refractivity contribution in [3.05, 3.63) is 0 Å². The van der Waals surface area contributed by atoms with E-state index in [9.17, 15) is 4.79 Å². The molecule has 5 heteroatoms. The number of nitrogens with one attached hydrogen (secondary N) is 3. The summed E-state index contributed by atoms with van der Waals surface area (Å²) in [5.41, 5.74) is 3.16. The van der Waals surface area contributed by atoms with Crippen molar-refractivity contribution >= 4 is 5.91 Å². The molecule has 0 spiro atoms. The van der Waals surface area contributed by atoms with Gasteiger partial charge in [-0.15, -0.1) is 0 Å². The number of amides is 1. The van der Waals surface area contributed by atoms with Crippen molar-refractivity contribution in [3.8, 4) is 0 Å². The molecule has 2 fully saturated rings. The highest BCUT2D eigenvalue weighted by molar-refractivity contribution is 5.82. The molecule has 0 radical (unpaired) electrons. The lowest BCUT2D eigenvalue weighted by atomic mass is 10.2. The lowest BCUT2D eigenvalue weighted by molar-refractivity contribution is -0.123. The van der Waals surface area contributed by atoms with Gasteiger partial charge in [0.25, 0.3) is 0 Å². The van der Waals surface area contributed by atoms with Crippen LogP contribution in [0.1, 0.15) is 25.7 Å². The first-order chi connectivity index (χ1) is 7.69. The normalized spacial score (nSPS) is 35.5. The zero-order valence-corrected chi connectivity index (χ0v) is 10.1. The van der Waals surface area contributed by atoms with Gasteiger partial charge in [-0.1, -0.05) is 0 Å². The van der Waals surface area contributed by atoms with E-state index in [0.29, 0.717) is 12.1 Å². The molecule has 1 aliphatic carbocycles. The van der Waals surface area contributed by atoms with Crippen LogP contribution in [0.4, 0.5) is 0 Å². The Morgan fingerprint density at radius 2 is 2.06 bits per heavy atom. The average Bonchev–Trinajstić information content (AvgIpc) is 2.87. The molecule has 2 aliphatic rings. The number of rotatable bonds is 3. The van der Waals surface area contributed by atoms with E-state index in [0.717, 1.165) is 25.8 Å². The highest BCUT2D eigenvalue weighted by Crippen LogP contribution is 2.19. The predicted molar refractivity (Wildman–Crippen MR) is 62.8 cm³/mol. The van der Waals surface area contributed by atoms with Crippen molar-refractivity contribution in [1.82, 2.24) is 21.1 Å². The van der Waals surface area contributed by atoms with E-state index >= 15 is 0 Å². The zero-order valence-electron chi connectivity index (χ0n) is 10.1. The van der Waals surface area contributed by atoms with Crippen molar-refractivity contribution < 1.29 is 4.79 Å². The second-order valence-corrected chi connectivity index (χ2v) is 4.90. The molecule has 1 saturated carbocycles. The summed E-state index contributed by atoms with van der Waals surface area (Å²) < 4.78 is 0. The third kappa shape index (κ3) is 2.72. The molecular weight excluding hydrogens is 204 g/mol. The van der Waals surface area contributed by atoms with Crippen molar-refractivity contribution in [2.24, 2.45) is 0 Å². The van der Waals surface area contributed by atoms with Gasteiger partial charge in [0.05, 0.1) is 0 Å². The molecule has 2 rings (SSSR count). The monoisotopic (exact) mass is 226 g/mol. The molecule has 0 aromatic carbocycles. The van der Waals surface area contributed by atoms with Gasteiger partial charge in [-0.3, -0.25) is 4.79 Å². The molecule has 92 valence electrons. The Kier molecular flexibility index (Phi) is 3.78. The van der Waals surface area contributed by atoms with E-state index in [1.165, 1.54) is 6.42 Å². The molecule has 1 saturated heterocycles. The van der Waals surface area contributed by atoms with Gasteiger partial charge >= 0.3 is 0 Å². The van der Waals surface area contributed by atoms with Gasteiger partial charge in [-0.25, -0.2) is 10.4 Å². The Morgan fingerprint density at radius 3 is 2.62 bits per heavy atom. The number of carbonyl (C=O) groups is 1. The number of hydrazine groups is 1. The van der Waals surface area contributed by atoms with Crippen LogP contribution >= 0.6 is 0 Å². The fourth-order valence-corrected chi connectivity index (χ4v) is 2.58. The standard InChI is InChI=1S/C11H22N4O/c1-12-8-3-4-9(7-8)13-11(16)10-5-6-15(2)14-10/h8-10,12,14H,3-7H2,1-2H3,(H,13,16). The van der Waals surface area contributed by atoms with E-state index in [-0.39, 0.29) is 11.9 Å².